The number of halogens is 4. The minimum Gasteiger partial charge on any atom is -0.336 e. The topological polar surface area (TPSA) is 81.2 Å². The second-order valence-corrected chi connectivity index (χ2v) is 12.0. The minimum atomic E-state index is -4.58. The minimum absolute atomic E-state index is 0.0983. The van der Waals surface area contributed by atoms with Crippen molar-refractivity contribution in [2.24, 2.45) is 0 Å². The van der Waals surface area contributed by atoms with Crippen LogP contribution in [0.2, 0.25) is 5.02 Å². The molecule has 0 N–H and O–H groups in total. The highest BCUT2D eigenvalue weighted by Crippen LogP contribution is 2.34. The zero-order valence-electron chi connectivity index (χ0n) is 20.9. The molecule has 8 nitrogen and oxygen atoms in total. The SMILES string of the molecule is CN(C(=O)c1cccc(C(F)(F)F)c1)[C@@H]1CN(C(=O)N2CCN(S(C)(=O)=O)CC2)CC1c1ccc(Cl)cc1. The molecule has 0 aromatic heterocycles. The molecule has 2 aromatic rings. The van der Waals surface area contributed by atoms with E-state index in [9.17, 15) is 31.2 Å². The fraction of sp³-hybridized carbons (Fsp3) is 0.440. The molecular weight excluding hydrogens is 545 g/mol. The highest BCUT2D eigenvalue weighted by molar-refractivity contribution is 7.88. The van der Waals surface area contributed by atoms with Crippen LogP contribution in [0.1, 0.15) is 27.4 Å². The van der Waals surface area contributed by atoms with Crippen molar-refractivity contribution < 1.29 is 31.2 Å². The molecule has 0 radical (unpaired) electrons. The van der Waals surface area contributed by atoms with Crippen LogP contribution in [-0.2, 0) is 16.2 Å². The van der Waals surface area contributed by atoms with Crippen LogP contribution in [0, 0.1) is 0 Å². The first-order valence-electron chi connectivity index (χ1n) is 11.9. The van der Waals surface area contributed by atoms with E-state index in [0.717, 1.165) is 24.0 Å². The summed E-state index contributed by atoms with van der Waals surface area (Å²) in [4.78, 5) is 31.3. The number of likely N-dealkylation sites (tertiary alicyclic amines) is 1. The first-order valence-corrected chi connectivity index (χ1v) is 14.2. The highest BCUT2D eigenvalue weighted by atomic mass is 35.5. The van der Waals surface area contributed by atoms with Crippen molar-refractivity contribution >= 4 is 33.6 Å². The summed E-state index contributed by atoms with van der Waals surface area (Å²) < 4.78 is 64.7. The summed E-state index contributed by atoms with van der Waals surface area (Å²) in [6.07, 6.45) is -3.46. The van der Waals surface area contributed by atoms with Crippen LogP contribution in [-0.4, -0.2) is 98.0 Å². The average Bonchev–Trinajstić information content (AvgIpc) is 3.32. The van der Waals surface area contributed by atoms with Crippen LogP contribution in [0.3, 0.4) is 0 Å². The van der Waals surface area contributed by atoms with Gasteiger partial charge in [-0.15, -0.1) is 0 Å². The Kier molecular flexibility index (Phi) is 7.96. The first-order chi connectivity index (χ1) is 17.8. The highest BCUT2D eigenvalue weighted by Gasteiger charge is 2.42. The Labute approximate surface area is 224 Å². The van der Waals surface area contributed by atoms with Crippen molar-refractivity contribution in [1.29, 1.82) is 0 Å². The molecule has 2 saturated heterocycles. The summed E-state index contributed by atoms with van der Waals surface area (Å²) in [5.74, 6) is -0.899. The van der Waals surface area contributed by atoms with Gasteiger partial charge in [0.25, 0.3) is 5.91 Å². The predicted octanol–water partition coefficient (Wildman–Crippen LogP) is 3.60. The van der Waals surface area contributed by atoms with Gasteiger partial charge >= 0.3 is 12.2 Å². The third-order valence-electron chi connectivity index (χ3n) is 7.09. The van der Waals surface area contributed by atoms with Gasteiger partial charge in [0.15, 0.2) is 0 Å². The number of amides is 3. The molecular formula is C25H28ClF3N4O4S. The van der Waals surface area contributed by atoms with Gasteiger partial charge in [0, 0.05) is 62.8 Å². The fourth-order valence-corrected chi connectivity index (χ4v) is 5.92. The molecule has 2 aromatic carbocycles. The molecule has 2 atom stereocenters. The largest absolute Gasteiger partial charge is 0.416 e. The van der Waals surface area contributed by atoms with Crippen LogP contribution in [0.15, 0.2) is 48.5 Å². The van der Waals surface area contributed by atoms with Crippen LogP contribution in [0.4, 0.5) is 18.0 Å². The van der Waals surface area contributed by atoms with Crippen molar-refractivity contribution in [3.05, 3.63) is 70.2 Å². The van der Waals surface area contributed by atoms with E-state index in [1.807, 2.05) is 0 Å². The van der Waals surface area contributed by atoms with E-state index in [2.05, 4.69) is 0 Å². The molecule has 13 heteroatoms. The van der Waals surface area contributed by atoms with Gasteiger partial charge in [0.2, 0.25) is 10.0 Å². The summed E-state index contributed by atoms with van der Waals surface area (Å²) in [5.41, 5.74) is -0.179. The number of benzene rings is 2. The first kappa shape index (κ1) is 28.2. The lowest BCUT2D eigenvalue weighted by atomic mass is 9.93. The van der Waals surface area contributed by atoms with E-state index in [-0.39, 0.29) is 56.8 Å². The fourth-order valence-electron chi connectivity index (χ4n) is 4.97. The zero-order chi connectivity index (χ0) is 27.8. The van der Waals surface area contributed by atoms with Crippen molar-refractivity contribution in [1.82, 2.24) is 19.0 Å². The van der Waals surface area contributed by atoms with E-state index in [4.69, 9.17) is 11.6 Å². The third-order valence-corrected chi connectivity index (χ3v) is 8.65. The smallest absolute Gasteiger partial charge is 0.336 e. The second kappa shape index (κ2) is 10.7. The van der Waals surface area contributed by atoms with E-state index in [1.54, 1.807) is 34.1 Å². The molecule has 0 aliphatic carbocycles. The Morgan fingerprint density at radius 2 is 1.61 bits per heavy atom. The lowest BCUT2D eigenvalue weighted by molar-refractivity contribution is -0.137. The monoisotopic (exact) mass is 572 g/mol. The van der Waals surface area contributed by atoms with Crippen molar-refractivity contribution in [2.45, 2.75) is 18.1 Å². The average molecular weight is 573 g/mol. The molecule has 38 heavy (non-hydrogen) atoms. The van der Waals surface area contributed by atoms with Gasteiger partial charge < -0.3 is 14.7 Å². The van der Waals surface area contributed by atoms with E-state index < -0.39 is 33.7 Å². The molecule has 2 fully saturated rings. The molecule has 4 rings (SSSR count). The van der Waals surface area contributed by atoms with Crippen molar-refractivity contribution in [2.75, 3.05) is 52.6 Å². The molecule has 2 aliphatic rings. The number of urea groups is 1. The predicted molar refractivity (Wildman–Crippen MR) is 136 cm³/mol. The molecule has 0 spiro atoms. The molecule has 206 valence electrons. The number of nitrogens with zero attached hydrogens (tertiary/aromatic N) is 4. The quantitative estimate of drug-likeness (QED) is 0.561. The van der Waals surface area contributed by atoms with Crippen LogP contribution >= 0.6 is 11.6 Å². The van der Waals surface area contributed by atoms with E-state index in [0.29, 0.717) is 5.02 Å². The summed E-state index contributed by atoms with van der Waals surface area (Å²) >= 11 is 6.05. The Balaban J connectivity index is 1.56. The normalized spacial score (nSPS) is 21.0. The van der Waals surface area contributed by atoms with Gasteiger partial charge in [0.1, 0.15) is 0 Å². The number of hydrogen-bond acceptors (Lipinski definition) is 4. The van der Waals surface area contributed by atoms with Gasteiger partial charge in [-0.25, -0.2) is 13.2 Å². The maximum atomic E-state index is 13.4. The van der Waals surface area contributed by atoms with Gasteiger partial charge in [-0.2, -0.15) is 17.5 Å². The van der Waals surface area contributed by atoms with Gasteiger partial charge in [-0.1, -0.05) is 29.8 Å². The number of carbonyl (C=O) groups excluding carboxylic acids is 2. The Morgan fingerprint density at radius 1 is 0.974 bits per heavy atom. The molecule has 0 bridgehead atoms. The number of likely N-dealkylation sites (N-methyl/N-ethyl adjacent to an activating group) is 1. The van der Waals surface area contributed by atoms with Gasteiger partial charge in [-0.3, -0.25) is 4.79 Å². The Morgan fingerprint density at radius 3 is 2.18 bits per heavy atom. The van der Waals surface area contributed by atoms with Crippen molar-refractivity contribution in [3.63, 3.8) is 0 Å². The maximum Gasteiger partial charge on any atom is 0.416 e. The second-order valence-electron chi connectivity index (χ2n) is 9.56. The Bertz CT molecular complexity index is 1300. The van der Waals surface area contributed by atoms with Gasteiger partial charge in [-0.05, 0) is 35.9 Å². The summed E-state index contributed by atoms with van der Waals surface area (Å²) in [7, 11) is -1.83. The van der Waals surface area contributed by atoms with Gasteiger partial charge in [0.05, 0.1) is 17.9 Å². The summed E-state index contributed by atoms with van der Waals surface area (Å²) in [5, 5.41) is 0.522. The van der Waals surface area contributed by atoms with E-state index >= 15 is 0 Å². The summed E-state index contributed by atoms with van der Waals surface area (Å²) in [6.45, 7) is 1.29. The maximum absolute atomic E-state index is 13.4. The molecule has 1 unspecified atom stereocenters. The van der Waals surface area contributed by atoms with Crippen LogP contribution < -0.4 is 0 Å². The number of piperazine rings is 1. The molecule has 0 saturated carbocycles. The number of rotatable bonds is 4. The van der Waals surface area contributed by atoms with Crippen LogP contribution in [0.25, 0.3) is 0 Å². The lowest BCUT2D eigenvalue weighted by Gasteiger charge is -2.35. The molecule has 3 amide bonds. The zero-order valence-corrected chi connectivity index (χ0v) is 22.4. The molecule has 2 heterocycles. The number of alkyl halides is 3. The standard InChI is InChI=1S/C25H28ClF3N4O4S/c1-30(23(34)18-4-3-5-19(14-18)25(27,28)29)22-16-32(15-21(22)17-6-8-20(26)9-7-17)24(35)31-10-12-33(13-11-31)38(2,36)37/h3-9,14,21-22H,10-13,15-16H2,1-2H3/t21?,22-/m1/s1. The lowest BCUT2D eigenvalue weighted by Crippen LogP contribution is -2.53. The summed E-state index contributed by atoms with van der Waals surface area (Å²) in [6, 6.07) is 10.5. The third kappa shape index (κ3) is 6.08. The number of sulfonamides is 1. The van der Waals surface area contributed by atoms with Crippen LogP contribution in [0.5, 0.6) is 0 Å². The number of carbonyl (C=O) groups is 2. The van der Waals surface area contributed by atoms with Crippen molar-refractivity contribution in [3.8, 4) is 0 Å². The van der Waals surface area contributed by atoms with E-state index in [1.165, 1.54) is 28.4 Å². The molecule has 2 aliphatic heterocycles. The Hall–Kier alpha value is -2.83. The number of hydrogen-bond donors (Lipinski definition) is 0.